The second-order valence-corrected chi connectivity index (χ2v) is 5.29. The number of aryl methyl sites for hydroxylation is 1. The van der Waals surface area contributed by atoms with E-state index in [1.54, 1.807) is 23.5 Å². The smallest absolute Gasteiger partial charge is 0.261 e. The third-order valence-corrected chi connectivity index (χ3v) is 3.66. The van der Waals surface area contributed by atoms with Gasteiger partial charge in [0, 0.05) is 22.8 Å². The van der Waals surface area contributed by atoms with Crippen molar-refractivity contribution in [3.05, 3.63) is 40.1 Å². The fourth-order valence-corrected chi connectivity index (χ4v) is 2.55. The first-order valence-electron chi connectivity index (χ1n) is 5.94. The summed E-state index contributed by atoms with van der Waals surface area (Å²) in [6.45, 7) is 1.94. The molecule has 7 heteroatoms. The van der Waals surface area contributed by atoms with Gasteiger partial charge in [-0.05, 0) is 19.1 Å². The molecule has 0 bridgehead atoms. The third-order valence-electron chi connectivity index (χ3n) is 2.70. The Morgan fingerprint density at radius 1 is 1.35 bits per heavy atom. The molecule has 0 aliphatic carbocycles. The molecule has 6 nitrogen and oxygen atoms in total. The van der Waals surface area contributed by atoms with Crippen molar-refractivity contribution in [1.29, 1.82) is 0 Å². The number of hydrogen-bond acceptors (Lipinski definition) is 7. The molecule has 0 saturated heterocycles. The highest BCUT2D eigenvalue weighted by atomic mass is 32.1. The number of nitrogens with two attached hydrogens (primary N) is 1. The molecular formula is C13H12N4O2S. The Morgan fingerprint density at radius 2 is 2.20 bits per heavy atom. The summed E-state index contributed by atoms with van der Waals surface area (Å²) in [5.74, 6) is 0.821. The lowest BCUT2D eigenvalue weighted by Crippen LogP contribution is -1.90. The van der Waals surface area contributed by atoms with Crippen LogP contribution in [0.1, 0.15) is 16.5 Å². The number of aromatic hydroxyl groups is 1. The molecule has 3 rings (SSSR count). The van der Waals surface area contributed by atoms with E-state index in [0.717, 1.165) is 10.7 Å². The number of benzene rings is 1. The predicted molar refractivity (Wildman–Crippen MR) is 75.5 cm³/mol. The van der Waals surface area contributed by atoms with Crippen LogP contribution in [0.3, 0.4) is 0 Å². The van der Waals surface area contributed by atoms with Crippen molar-refractivity contribution in [3.8, 4) is 17.2 Å². The van der Waals surface area contributed by atoms with Crippen LogP contribution in [0.5, 0.6) is 5.75 Å². The van der Waals surface area contributed by atoms with Crippen LogP contribution in [-0.4, -0.2) is 20.2 Å². The zero-order valence-corrected chi connectivity index (χ0v) is 11.5. The lowest BCUT2D eigenvalue weighted by molar-refractivity contribution is 0.418. The highest BCUT2D eigenvalue weighted by Gasteiger charge is 2.14. The monoisotopic (exact) mass is 288 g/mol. The first-order valence-corrected chi connectivity index (χ1v) is 6.82. The lowest BCUT2D eigenvalue weighted by Gasteiger charge is -1.99. The van der Waals surface area contributed by atoms with Crippen LogP contribution in [0.4, 0.5) is 5.69 Å². The summed E-state index contributed by atoms with van der Waals surface area (Å²) in [5.41, 5.74) is 7.50. The fraction of sp³-hybridized carbons (Fsp3) is 0.154. The molecule has 0 spiro atoms. The highest BCUT2D eigenvalue weighted by Crippen LogP contribution is 2.29. The summed E-state index contributed by atoms with van der Waals surface area (Å²) < 4.78 is 5.17. The van der Waals surface area contributed by atoms with E-state index in [9.17, 15) is 5.11 Å². The first-order chi connectivity index (χ1) is 9.61. The third kappa shape index (κ3) is 2.48. The van der Waals surface area contributed by atoms with Crippen molar-refractivity contribution < 1.29 is 9.63 Å². The number of hydrogen-bond donors (Lipinski definition) is 2. The van der Waals surface area contributed by atoms with Crippen LogP contribution in [0.15, 0.2) is 28.1 Å². The molecule has 0 unspecified atom stereocenters. The number of nitrogen functional groups attached to an aromatic ring is 1. The van der Waals surface area contributed by atoms with Gasteiger partial charge in [-0.15, -0.1) is 11.3 Å². The van der Waals surface area contributed by atoms with Crippen molar-refractivity contribution in [2.75, 3.05) is 5.73 Å². The molecule has 1 aromatic carbocycles. The van der Waals surface area contributed by atoms with E-state index in [-0.39, 0.29) is 11.6 Å². The molecule has 2 aromatic heterocycles. The largest absolute Gasteiger partial charge is 0.507 e. The van der Waals surface area contributed by atoms with E-state index < -0.39 is 0 Å². The van der Waals surface area contributed by atoms with Gasteiger partial charge in [-0.25, -0.2) is 4.98 Å². The van der Waals surface area contributed by atoms with Gasteiger partial charge in [0.2, 0.25) is 0 Å². The molecule has 2 heterocycles. The Kier molecular flexibility index (Phi) is 3.11. The minimum atomic E-state index is 0.0188. The minimum absolute atomic E-state index is 0.0188. The van der Waals surface area contributed by atoms with Gasteiger partial charge in [0.25, 0.3) is 5.89 Å². The molecule has 3 aromatic rings. The van der Waals surface area contributed by atoms with Crippen molar-refractivity contribution in [2.24, 2.45) is 0 Å². The Labute approximate surface area is 118 Å². The van der Waals surface area contributed by atoms with Crippen molar-refractivity contribution in [1.82, 2.24) is 15.1 Å². The summed E-state index contributed by atoms with van der Waals surface area (Å²) in [7, 11) is 0. The Hall–Kier alpha value is -2.41. The number of phenols is 1. The second kappa shape index (κ2) is 4.93. The summed E-state index contributed by atoms with van der Waals surface area (Å²) in [6, 6.07) is 4.77. The summed E-state index contributed by atoms with van der Waals surface area (Å²) >= 11 is 1.56. The number of nitrogens with zero attached hydrogens (tertiary/aromatic N) is 3. The number of anilines is 1. The van der Waals surface area contributed by atoms with Crippen LogP contribution >= 0.6 is 11.3 Å². The Bertz CT molecular complexity index is 750. The molecule has 0 amide bonds. The number of phenolic OH excluding ortho intramolecular Hbond substituents is 1. The van der Waals surface area contributed by atoms with Crippen LogP contribution in [0, 0.1) is 6.92 Å². The van der Waals surface area contributed by atoms with Crippen LogP contribution in [0.25, 0.3) is 11.5 Å². The van der Waals surface area contributed by atoms with Gasteiger partial charge in [0.05, 0.1) is 12.0 Å². The number of thiazole rings is 1. The standard InChI is InChI=1S/C13H12N4O2S/c1-7-6-20-12(15-7)5-11-16-13(19-17-11)9-3-2-8(14)4-10(9)18/h2-4,6,18H,5,14H2,1H3. The van der Waals surface area contributed by atoms with Crippen LogP contribution in [0.2, 0.25) is 0 Å². The van der Waals surface area contributed by atoms with E-state index in [1.165, 1.54) is 6.07 Å². The molecular weight excluding hydrogens is 276 g/mol. The SMILES string of the molecule is Cc1csc(Cc2noc(-c3ccc(N)cc3O)n2)n1. The number of rotatable bonds is 3. The normalized spacial score (nSPS) is 10.8. The van der Waals surface area contributed by atoms with Gasteiger partial charge in [0.15, 0.2) is 5.82 Å². The molecule has 0 aliphatic heterocycles. The Balaban J connectivity index is 1.86. The highest BCUT2D eigenvalue weighted by molar-refractivity contribution is 7.09. The van der Waals surface area contributed by atoms with Gasteiger partial charge in [-0.2, -0.15) is 4.98 Å². The van der Waals surface area contributed by atoms with Gasteiger partial charge in [-0.1, -0.05) is 5.16 Å². The van der Waals surface area contributed by atoms with Crippen molar-refractivity contribution in [2.45, 2.75) is 13.3 Å². The van der Waals surface area contributed by atoms with Crippen LogP contribution in [-0.2, 0) is 6.42 Å². The fourth-order valence-electron chi connectivity index (χ4n) is 1.78. The first kappa shape index (κ1) is 12.6. The molecule has 3 N–H and O–H groups in total. The van der Waals surface area contributed by atoms with Gasteiger partial charge < -0.3 is 15.4 Å². The average Bonchev–Trinajstić information content (AvgIpc) is 2.99. The van der Waals surface area contributed by atoms with Crippen molar-refractivity contribution >= 4 is 17.0 Å². The van der Waals surface area contributed by atoms with Crippen LogP contribution < -0.4 is 5.73 Å². The molecule has 0 radical (unpaired) electrons. The van der Waals surface area contributed by atoms with E-state index >= 15 is 0 Å². The quantitative estimate of drug-likeness (QED) is 0.718. The maximum Gasteiger partial charge on any atom is 0.261 e. The van der Waals surface area contributed by atoms with E-state index in [1.807, 2.05) is 12.3 Å². The summed E-state index contributed by atoms with van der Waals surface area (Å²) in [4.78, 5) is 8.61. The molecule has 0 aliphatic rings. The zero-order valence-electron chi connectivity index (χ0n) is 10.7. The molecule has 0 fully saturated rings. The molecule has 102 valence electrons. The topological polar surface area (TPSA) is 98.1 Å². The lowest BCUT2D eigenvalue weighted by atomic mass is 10.2. The minimum Gasteiger partial charge on any atom is -0.507 e. The van der Waals surface area contributed by atoms with Gasteiger partial charge >= 0.3 is 0 Å². The maximum atomic E-state index is 9.83. The molecule has 0 saturated carbocycles. The van der Waals surface area contributed by atoms with E-state index in [4.69, 9.17) is 10.3 Å². The summed E-state index contributed by atoms with van der Waals surface area (Å²) in [6.07, 6.45) is 0.512. The maximum absolute atomic E-state index is 9.83. The second-order valence-electron chi connectivity index (χ2n) is 4.35. The van der Waals surface area contributed by atoms with Gasteiger partial charge in [-0.3, -0.25) is 0 Å². The zero-order chi connectivity index (χ0) is 14.1. The van der Waals surface area contributed by atoms with Crippen molar-refractivity contribution in [3.63, 3.8) is 0 Å². The number of aromatic nitrogens is 3. The average molecular weight is 288 g/mol. The Morgan fingerprint density at radius 3 is 2.90 bits per heavy atom. The van der Waals surface area contributed by atoms with E-state index in [2.05, 4.69) is 15.1 Å². The van der Waals surface area contributed by atoms with E-state index in [0.29, 0.717) is 23.5 Å². The predicted octanol–water partition coefficient (Wildman–Crippen LogP) is 2.38. The summed E-state index contributed by atoms with van der Waals surface area (Å²) in [5, 5.41) is 16.6. The molecule has 0 atom stereocenters. The molecule has 20 heavy (non-hydrogen) atoms. The van der Waals surface area contributed by atoms with Gasteiger partial charge in [0.1, 0.15) is 10.8 Å².